The SMILES string of the molecule is O=C(Nc1cn2nc(-c3c(-c4ccc(F)cc4)ncn3C3CCN(Cc4ccc(F)cc4)CC3)ccc2n1)c1ccnc(F)c1. The number of benzene rings is 2. The minimum absolute atomic E-state index is 0.116. The van der Waals surface area contributed by atoms with Crippen LogP contribution in [0.5, 0.6) is 0 Å². The third-order valence-corrected chi connectivity index (χ3v) is 7.97. The van der Waals surface area contributed by atoms with E-state index in [0.717, 1.165) is 55.4 Å². The molecule has 7 rings (SSSR count). The first-order chi connectivity index (χ1) is 21.9. The van der Waals surface area contributed by atoms with E-state index in [9.17, 15) is 18.0 Å². The van der Waals surface area contributed by atoms with Crippen molar-refractivity contribution < 1.29 is 18.0 Å². The van der Waals surface area contributed by atoms with Crippen LogP contribution in [0.2, 0.25) is 0 Å². The summed E-state index contributed by atoms with van der Waals surface area (Å²) in [7, 11) is 0. The molecule has 5 heterocycles. The number of nitrogens with one attached hydrogen (secondary N) is 1. The average molecular weight is 609 g/mol. The van der Waals surface area contributed by atoms with E-state index in [-0.39, 0.29) is 29.1 Å². The van der Waals surface area contributed by atoms with E-state index in [1.807, 2.05) is 24.5 Å². The number of fused-ring (bicyclic) bond motifs is 1. The molecule has 1 aliphatic heterocycles. The molecule has 45 heavy (non-hydrogen) atoms. The smallest absolute Gasteiger partial charge is 0.257 e. The number of aromatic nitrogens is 6. The van der Waals surface area contributed by atoms with Gasteiger partial charge in [0.15, 0.2) is 11.5 Å². The fourth-order valence-corrected chi connectivity index (χ4v) is 5.71. The number of carbonyl (C=O) groups excluding carboxylic acids is 1. The summed E-state index contributed by atoms with van der Waals surface area (Å²) in [6, 6.07) is 19.0. The Bertz CT molecular complexity index is 1980. The summed E-state index contributed by atoms with van der Waals surface area (Å²) in [6.07, 6.45) is 6.35. The maximum absolute atomic E-state index is 13.8. The summed E-state index contributed by atoms with van der Waals surface area (Å²) in [5.41, 5.74) is 4.51. The van der Waals surface area contributed by atoms with Crippen molar-refractivity contribution in [1.29, 1.82) is 0 Å². The number of carbonyl (C=O) groups is 1. The lowest BCUT2D eigenvalue weighted by atomic mass is 10.0. The number of pyridine rings is 1. The molecule has 9 nitrogen and oxygen atoms in total. The Hall–Kier alpha value is -5.36. The number of anilines is 1. The first-order valence-corrected chi connectivity index (χ1v) is 14.5. The second kappa shape index (κ2) is 12.0. The van der Waals surface area contributed by atoms with Gasteiger partial charge in [0, 0.05) is 49.1 Å². The number of hydrogen-bond donors (Lipinski definition) is 1. The van der Waals surface area contributed by atoms with Crippen molar-refractivity contribution in [3.8, 4) is 22.6 Å². The van der Waals surface area contributed by atoms with Gasteiger partial charge >= 0.3 is 0 Å². The van der Waals surface area contributed by atoms with Crippen LogP contribution in [-0.2, 0) is 6.54 Å². The minimum Gasteiger partial charge on any atom is -0.326 e. The zero-order valence-corrected chi connectivity index (χ0v) is 23.9. The molecule has 4 aromatic heterocycles. The summed E-state index contributed by atoms with van der Waals surface area (Å²) in [5.74, 6) is -1.61. The predicted octanol–water partition coefficient (Wildman–Crippen LogP) is 6.16. The molecule has 0 unspecified atom stereocenters. The van der Waals surface area contributed by atoms with Gasteiger partial charge in [-0.25, -0.2) is 28.2 Å². The van der Waals surface area contributed by atoms with Gasteiger partial charge < -0.3 is 9.88 Å². The third kappa shape index (κ3) is 6.04. The molecule has 1 aliphatic rings. The molecule has 1 N–H and O–H groups in total. The van der Waals surface area contributed by atoms with Gasteiger partial charge in [-0.15, -0.1) is 0 Å². The van der Waals surface area contributed by atoms with Crippen molar-refractivity contribution in [3.05, 3.63) is 120 Å². The number of imidazole rings is 2. The van der Waals surface area contributed by atoms with Gasteiger partial charge in [-0.05, 0) is 73.0 Å². The van der Waals surface area contributed by atoms with E-state index in [0.29, 0.717) is 17.0 Å². The molecule has 0 bridgehead atoms. The van der Waals surface area contributed by atoms with Crippen LogP contribution in [0.3, 0.4) is 0 Å². The third-order valence-electron chi connectivity index (χ3n) is 7.97. The fourth-order valence-electron chi connectivity index (χ4n) is 5.71. The summed E-state index contributed by atoms with van der Waals surface area (Å²) in [6.45, 7) is 2.45. The number of likely N-dealkylation sites (tertiary alicyclic amines) is 1. The quantitative estimate of drug-likeness (QED) is 0.218. The maximum atomic E-state index is 13.8. The molecule has 1 saturated heterocycles. The van der Waals surface area contributed by atoms with E-state index in [1.165, 1.54) is 36.5 Å². The van der Waals surface area contributed by atoms with Gasteiger partial charge in [0.05, 0.1) is 23.9 Å². The van der Waals surface area contributed by atoms with Gasteiger partial charge in [0.25, 0.3) is 5.91 Å². The Morgan fingerprint density at radius 3 is 2.36 bits per heavy atom. The Morgan fingerprint density at radius 1 is 0.889 bits per heavy atom. The highest BCUT2D eigenvalue weighted by atomic mass is 19.1. The molecular formula is C33H27F3N8O. The summed E-state index contributed by atoms with van der Waals surface area (Å²) in [5, 5.41) is 7.50. The summed E-state index contributed by atoms with van der Waals surface area (Å²) < 4.78 is 44.4. The standard InChI is InChI=1S/C33H27F3N8O/c34-24-5-1-21(2-6-24)18-42-15-12-26(13-16-42)43-20-38-31(22-3-7-25(35)8-4-22)32(43)27-9-10-30-39-29(19-44(30)41-27)40-33(45)23-11-14-37-28(36)17-23/h1-11,14,17,19-20,26H,12-13,15-16,18H2,(H,40,45). The molecule has 226 valence electrons. The molecule has 0 radical (unpaired) electrons. The lowest BCUT2D eigenvalue weighted by Gasteiger charge is -2.33. The Balaban J connectivity index is 1.18. The van der Waals surface area contributed by atoms with Gasteiger partial charge in [-0.1, -0.05) is 12.1 Å². The Kier molecular flexibility index (Phi) is 7.55. The normalized spacial score (nSPS) is 14.2. The van der Waals surface area contributed by atoms with Crippen LogP contribution in [0.15, 0.2) is 91.5 Å². The molecule has 1 amide bonds. The van der Waals surface area contributed by atoms with Crippen LogP contribution in [-0.4, -0.2) is 53.0 Å². The highest BCUT2D eigenvalue weighted by molar-refractivity contribution is 6.03. The van der Waals surface area contributed by atoms with Crippen LogP contribution in [0, 0.1) is 17.6 Å². The number of amides is 1. The number of piperidine rings is 1. The molecular weight excluding hydrogens is 581 g/mol. The maximum Gasteiger partial charge on any atom is 0.257 e. The van der Waals surface area contributed by atoms with Gasteiger partial charge in [0.1, 0.15) is 17.3 Å². The number of nitrogens with zero attached hydrogens (tertiary/aromatic N) is 7. The van der Waals surface area contributed by atoms with Crippen LogP contribution >= 0.6 is 0 Å². The van der Waals surface area contributed by atoms with Gasteiger partial charge in [-0.3, -0.25) is 9.69 Å². The second-order valence-electron chi connectivity index (χ2n) is 11.0. The Morgan fingerprint density at radius 2 is 1.62 bits per heavy atom. The molecule has 12 heteroatoms. The van der Waals surface area contributed by atoms with Crippen molar-refractivity contribution in [2.75, 3.05) is 18.4 Å². The van der Waals surface area contributed by atoms with Crippen molar-refractivity contribution in [2.24, 2.45) is 0 Å². The van der Waals surface area contributed by atoms with Crippen LogP contribution in [0.4, 0.5) is 19.0 Å². The van der Waals surface area contributed by atoms with Crippen LogP contribution < -0.4 is 5.32 Å². The highest BCUT2D eigenvalue weighted by Gasteiger charge is 2.26. The van der Waals surface area contributed by atoms with E-state index in [4.69, 9.17) is 10.1 Å². The van der Waals surface area contributed by atoms with E-state index in [2.05, 4.69) is 24.8 Å². The highest BCUT2D eigenvalue weighted by Crippen LogP contribution is 2.35. The Labute approximate surface area is 256 Å². The molecule has 0 saturated carbocycles. The van der Waals surface area contributed by atoms with Crippen molar-refractivity contribution in [2.45, 2.75) is 25.4 Å². The van der Waals surface area contributed by atoms with Crippen molar-refractivity contribution in [3.63, 3.8) is 0 Å². The lowest BCUT2D eigenvalue weighted by molar-refractivity contribution is 0.102. The molecule has 6 aromatic rings. The van der Waals surface area contributed by atoms with Gasteiger partial charge in [-0.2, -0.15) is 9.49 Å². The monoisotopic (exact) mass is 608 g/mol. The minimum atomic E-state index is -0.754. The molecule has 0 spiro atoms. The largest absolute Gasteiger partial charge is 0.326 e. The zero-order chi connectivity index (χ0) is 30.9. The second-order valence-corrected chi connectivity index (χ2v) is 11.0. The van der Waals surface area contributed by atoms with Crippen LogP contribution in [0.1, 0.15) is 34.8 Å². The topological polar surface area (TPSA) is 93.2 Å². The average Bonchev–Trinajstić information content (AvgIpc) is 3.67. The summed E-state index contributed by atoms with van der Waals surface area (Å²) in [4.78, 5) is 27.7. The van der Waals surface area contributed by atoms with E-state index >= 15 is 0 Å². The first-order valence-electron chi connectivity index (χ1n) is 14.5. The first kappa shape index (κ1) is 28.4. The molecule has 0 aliphatic carbocycles. The predicted molar refractivity (Wildman–Crippen MR) is 162 cm³/mol. The zero-order valence-electron chi connectivity index (χ0n) is 23.9. The van der Waals surface area contributed by atoms with Gasteiger partial charge in [0.2, 0.25) is 5.95 Å². The number of hydrogen-bond acceptors (Lipinski definition) is 6. The fraction of sp³-hybridized carbons (Fsp3) is 0.182. The number of rotatable bonds is 7. The summed E-state index contributed by atoms with van der Waals surface area (Å²) >= 11 is 0. The molecule has 2 aromatic carbocycles. The van der Waals surface area contributed by atoms with Crippen molar-refractivity contribution in [1.82, 2.24) is 34.0 Å². The molecule has 1 fully saturated rings. The van der Waals surface area contributed by atoms with Crippen molar-refractivity contribution >= 4 is 17.4 Å². The van der Waals surface area contributed by atoms with E-state index < -0.39 is 11.9 Å². The van der Waals surface area contributed by atoms with E-state index in [1.54, 1.807) is 28.9 Å². The number of halogens is 3. The van der Waals surface area contributed by atoms with Crippen LogP contribution in [0.25, 0.3) is 28.3 Å². The molecule has 0 atom stereocenters. The lowest BCUT2D eigenvalue weighted by Crippen LogP contribution is -2.34.